The van der Waals surface area contributed by atoms with E-state index in [2.05, 4.69) is 28.7 Å². The van der Waals surface area contributed by atoms with Gasteiger partial charge in [0.1, 0.15) is 0 Å². The molecular formula is C22H32N4O3. The summed E-state index contributed by atoms with van der Waals surface area (Å²) in [6.45, 7) is 5.90. The van der Waals surface area contributed by atoms with Crippen LogP contribution in [0.4, 0.5) is 0 Å². The van der Waals surface area contributed by atoms with Gasteiger partial charge in [0.15, 0.2) is 0 Å². The lowest BCUT2D eigenvalue weighted by atomic mass is 9.70. The van der Waals surface area contributed by atoms with Crippen molar-refractivity contribution in [3.05, 3.63) is 18.0 Å². The molecule has 2 amide bonds. The van der Waals surface area contributed by atoms with Gasteiger partial charge >= 0.3 is 6.01 Å². The Labute approximate surface area is 172 Å². The van der Waals surface area contributed by atoms with Gasteiger partial charge in [-0.1, -0.05) is 13.8 Å². The van der Waals surface area contributed by atoms with Gasteiger partial charge in [-0.15, -0.1) is 0 Å². The summed E-state index contributed by atoms with van der Waals surface area (Å²) in [4.78, 5) is 38.4. The molecule has 1 aromatic heterocycles. The molecule has 3 aliphatic heterocycles. The maximum atomic E-state index is 13.2. The maximum Gasteiger partial charge on any atom is 0.316 e. The average molecular weight is 401 g/mol. The van der Waals surface area contributed by atoms with Crippen LogP contribution in [0, 0.1) is 17.8 Å². The molecule has 0 radical (unpaired) electrons. The van der Waals surface area contributed by atoms with Gasteiger partial charge in [-0.2, -0.15) is 0 Å². The van der Waals surface area contributed by atoms with Gasteiger partial charge < -0.3 is 14.5 Å². The third-order valence-electron chi connectivity index (χ3n) is 6.88. The van der Waals surface area contributed by atoms with Gasteiger partial charge in [0, 0.05) is 44.0 Å². The molecule has 3 fully saturated rings. The summed E-state index contributed by atoms with van der Waals surface area (Å²) in [5.41, 5.74) is 0.501. The Morgan fingerprint density at radius 2 is 1.97 bits per heavy atom. The first-order valence-corrected chi connectivity index (χ1v) is 10.9. The number of carbonyl (C=O) groups excluding carboxylic acids is 2. The number of rotatable bonds is 5. The van der Waals surface area contributed by atoms with E-state index in [-0.39, 0.29) is 24.0 Å². The molecule has 0 saturated carbocycles. The van der Waals surface area contributed by atoms with Gasteiger partial charge in [-0.3, -0.25) is 9.59 Å². The second-order valence-electron chi connectivity index (χ2n) is 9.22. The van der Waals surface area contributed by atoms with Gasteiger partial charge in [0.25, 0.3) is 5.91 Å². The molecule has 2 bridgehead atoms. The van der Waals surface area contributed by atoms with Crippen molar-refractivity contribution >= 4 is 11.8 Å². The minimum absolute atomic E-state index is 0.0134. The summed E-state index contributed by atoms with van der Waals surface area (Å²) in [6.07, 6.45) is 9.08. The van der Waals surface area contributed by atoms with Crippen molar-refractivity contribution in [1.82, 2.24) is 19.8 Å². The standard InChI is InChI=1S/C22H32N4O3/c1-14(2)7-8-19-16-9-15(18-5-4-6-20(27)26(18)19)12-25(13-16)21(28)17-10-23-22(29-3)24-11-17/h10-11,14-16,18-19H,4-9,12-13H2,1-3H3/t15-,16+,18+,19+/m1/s1. The smallest absolute Gasteiger partial charge is 0.316 e. The van der Waals surface area contributed by atoms with E-state index in [1.54, 1.807) is 12.4 Å². The summed E-state index contributed by atoms with van der Waals surface area (Å²) < 4.78 is 5.00. The van der Waals surface area contributed by atoms with Crippen molar-refractivity contribution in [3.63, 3.8) is 0 Å². The van der Waals surface area contributed by atoms with Gasteiger partial charge in [0.05, 0.1) is 12.7 Å². The Bertz CT molecular complexity index is 751. The highest BCUT2D eigenvalue weighted by atomic mass is 16.5. The van der Waals surface area contributed by atoms with E-state index in [1.165, 1.54) is 7.11 Å². The van der Waals surface area contributed by atoms with Crippen molar-refractivity contribution in [3.8, 4) is 6.01 Å². The zero-order valence-electron chi connectivity index (χ0n) is 17.7. The molecule has 0 aromatic carbocycles. The Hall–Kier alpha value is -2.18. The van der Waals surface area contributed by atoms with E-state index in [0.717, 1.165) is 32.1 Å². The molecule has 4 heterocycles. The van der Waals surface area contributed by atoms with Crippen LogP contribution in [0.1, 0.15) is 62.7 Å². The normalized spacial score (nSPS) is 29.0. The molecule has 0 N–H and O–H groups in total. The number of piperidine rings is 3. The zero-order valence-corrected chi connectivity index (χ0v) is 17.7. The fraction of sp³-hybridized carbons (Fsp3) is 0.727. The first-order valence-electron chi connectivity index (χ1n) is 10.9. The van der Waals surface area contributed by atoms with Crippen LogP contribution in [0.5, 0.6) is 6.01 Å². The Morgan fingerprint density at radius 3 is 2.66 bits per heavy atom. The van der Waals surface area contributed by atoms with Crippen LogP contribution < -0.4 is 4.74 Å². The number of ether oxygens (including phenoxy) is 1. The number of nitrogens with zero attached hydrogens (tertiary/aromatic N) is 4. The first kappa shape index (κ1) is 20.1. The highest BCUT2D eigenvalue weighted by Crippen LogP contribution is 2.43. The molecule has 1 aromatic rings. The fourth-order valence-electron chi connectivity index (χ4n) is 5.53. The van der Waals surface area contributed by atoms with E-state index in [0.29, 0.717) is 48.7 Å². The molecule has 158 valence electrons. The van der Waals surface area contributed by atoms with Crippen LogP contribution in [-0.2, 0) is 4.79 Å². The largest absolute Gasteiger partial charge is 0.467 e. The fourth-order valence-corrected chi connectivity index (χ4v) is 5.53. The summed E-state index contributed by atoms with van der Waals surface area (Å²) in [7, 11) is 1.51. The molecule has 4 rings (SSSR count). The molecular weight excluding hydrogens is 368 g/mol. The van der Waals surface area contributed by atoms with Crippen LogP contribution in [0.3, 0.4) is 0 Å². The second kappa shape index (κ2) is 8.28. The second-order valence-corrected chi connectivity index (χ2v) is 9.22. The van der Waals surface area contributed by atoms with Crippen molar-refractivity contribution < 1.29 is 14.3 Å². The monoisotopic (exact) mass is 400 g/mol. The van der Waals surface area contributed by atoms with Crippen LogP contribution in [0.2, 0.25) is 0 Å². The van der Waals surface area contributed by atoms with Gasteiger partial charge in [0.2, 0.25) is 5.91 Å². The molecule has 3 saturated heterocycles. The number of carbonyl (C=O) groups is 2. The highest BCUT2D eigenvalue weighted by Gasteiger charge is 2.49. The number of amides is 2. The minimum Gasteiger partial charge on any atom is -0.467 e. The van der Waals surface area contributed by atoms with Gasteiger partial charge in [-0.05, 0) is 49.9 Å². The Kier molecular flexibility index (Phi) is 5.74. The number of methoxy groups -OCH3 is 1. The minimum atomic E-state index is -0.0134. The summed E-state index contributed by atoms with van der Waals surface area (Å²) in [6, 6.07) is 0.809. The van der Waals surface area contributed by atoms with Gasteiger partial charge in [-0.25, -0.2) is 9.97 Å². The predicted octanol–water partition coefficient (Wildman–Crippen LogP) is 2.76. The van der Waals surface area contributed by atoms with Crippen molar-refractivity contribution in [1.29, 1.82) is 0 Å². The van der Waals surface area contributed by atoms with Crippen LogP contribution in [0.15, 0.2) is 12.4 Å². The number of aromatic nitrogens is 2. The molecule has 29 heavy (non-hydrogen) atoms. The number of hydrogen-bond donors (Lipinski definition) is 0. The predicted molar refractivity (Wildman–Crippen MR) is 108 cm³/mol. The molecule has 7 heteroatoms. The lowest BCUT2D eigenvalue weighted by Crippen LogP contribution is -2.65. The lowest BCUT2D eigenvalue weighted by molar-refractivity contribution is -0.152. The van der Waals surface area contributed by atoms with Crippen molar-refractivity contribution in [2.24, 2.45) is 17.8 Å². The quantitative estimate of drug-likeness (QED) is 0.760. The van der Waals surface area contributed by atoms with Crippen LogP contribution in [0.25, 0.3) is 0 Å². The summed E-state index contributed by atoms with van der Waals surface area (Å²) in [5.74, 6) is 1.66. The Balaban J connectivity index is 1.55. The van der Waals surface area contributed by atoms with E-state index in [9.17, 15) is 9.59 Å². The van der Waals surface area contributed by atoms with E-state index in [1.807, 2.05) is 4.90 Å². The molecule has 4 atom stereocenters. The lowest BCUT2D eigenvalue weighted by Gasteiger charge is -2.56. The van der Waals surface area contributed by atoms with Crippen molar-refractivity contribution in [2.75, 3.05) is 20.2 Å². The topological polar surface area (TPSA) is 75.6 Å². The Morgan fingerprint density at radius 1 is 1.24 bits per heavy atom. The number of fused-ring (bicyclic) bond motifs is 4. The zero-order chi connectivity index (χ0) is 20.5. The molecule has 0 aliphatic carbocycles. The molecule has 3 aliphatic rings. The molecule has 0 spiro atoms. The first-order chi connectivity index (χ1) is 14.0. The third-order valence-corrected chi connectivity index (χ3v) is 6.88. The SMILES string of the molecule is COc1ncc(C(=O)N2C[C@H]3C[C@@H](C2)[C@H](CCC(C)C)N2C(=O)CCC[C@@H]32)cn1. The number of hydrogen-bond acceptors (Lipinski definition) is 5. The molecule has 0 unspecified atom stereocenters. The van der Waals surface area contributed by atoms with Crippen molar-refractivity contribution in [2.45, 2.75) is 64.5 Å². The summed E-state index contributed by atoms with van der Waals surface area (Å²) >= 11 is 0. The average Bonchev–Trinajstić information content (AvgIpc) is 2.73. The van der Waals surface area contributed by atoms with Crippen LogP contribution >= 0.6 is 0 Å². The summed E-state index contributed by atoms with van der Waals surface area (Å²) in [5, 5.41) is 0. The van der Waals surface area contributed by atoms with E-state index < -0.39 is 0 Å². The number of likely N-dealkylation sites (tertiary alicyclic amines) is 1. The maximum absolute atomic E-state index is 13.2. The van der Waals surface area contributed by atoms with Crippen LogP contribution in [-0.4, -0.2) is 63.9 Å². The van der Waals surface area contributed by atoms with E-state index >= 15 is 0 Å². The van der Waals surface area contributed by atoms with E-state index in [4.69, 9.17) is 4.74 Å². The third kappa shape index (κ3) is 3.96. The molecule has 7 nitrogen and oxygen atoms in total. The highest BCUT2D eigenvalue weighted by molar-refractivity contribution is 5.93.